The van der Waals surface area contributed by atoms with Gasteiger partial charge in [-0.3, -0.25) is 9.59 Å². The monoisotopic (exact) mass is 419 g/mol. The van der Waals surface area contributed by atoms with Gasteiger partial charge in [0.1, 0.15) is 11.8 Å². The number of phenols is 1. The fourth-order valence-corrected chi connectivity index (χ4v) is 3.90. The SMILES string of the molecule is C/C=C/C=C/C(=O)N1CCc2ccc(N)cc2C1C(=O)Nc1cc(C)c(O)c(C)c1C. The predicted molar refractivity (Wildman–Crippen MR) is 124 cm³/mol. The first kappa shape index (κ1) is 22.2. The highest BCUT2D eigenvalue weighted by Crippen LogP contribution is 2.35. The number of allylic oxidation sites excluding steroid dienone is 3. The summed E-state index contributed by atoms with van der Waals surface area (Å²) in [5.41, 5.74) is 11.1. The number of anilines is 2. The van der Waals surface area contributed by atoms with Crippen LogP contribution in [0, 0.1) is 20.8 Å². The molecule has 3 rings (SSSR count). The Morgan fingerprint density at radius 1 is 1.16 bits per heavy atom. The standard InChI is InChI=1S/C25H29N3O3/c1-5-6-7-8-22(29)28-12-11-18-9-10-19(26)14-20(18)23(28)25(31)27-21-13-15(2)24(30)17(4)16(21)3/h5-10,13-14,23,30H,11-12,26H2,1-4H3,(H,27,31)/b6-5+,8-7+. The molecule has 1 unspecified atom stereocenters. The van der Waals surface area contributed by atoms with Gasteiger partial charge in [-0.25, -0.2) is 0 Å². The van der Waals surface area contributed by atoms with Crippen LogP contribution in [-0.4, -0.2) is 28.4 Å². The van der Waals surface area contributed by atoms with Crippen molar-refractivity contribution in [3.05, 3.63) is 76.4 Å². The molecule has 2 aromatic rings. The lowest BCUT2D eigenvalue weighted by molar-refractivity contribution is -0.135. The molecule has 6 heteroatoms. The van der Waals surface area contributed by atoms with Crippen LogP contribution in [0.5, 0.6) is 5.75 Å². The van der Waals surface area contributed by atoms with Crippen LogP contribution in [0.25, 0.3) is 0 Å². The lowest BCUT2D eigenvalue weighted by atomic mass is 9.91. The van der Waals surface area contributed by atoms with Crippen molar-refractivity contribution in [3.8, 4) is 5.75 Å². The molecule has 0 radical (unpaired) electrons. The molecule has 0 saturated heterocycles. The van der Waals surface area contributed by atoms with Crippen LogP contribution in [0.15, 0.2) is 48.6 Å². The topological polar surface area (TPSA) is 95.7 Å². The summed E-state index contributed by atoms with van der Waals surface area (Å²) in [6.45, 7) is 7.75. The Kier molecular flexibility index (Phi) is 6.49. The van der Waals surface area contributed by atoms with Crippen LogP contribution >= 0.6 is 0 Å². The molecule has 4 N–H and O–H groups in total. The average molecular weight is 420 g/mol. The van der Waals surface area contributed by atoms with Crippen molar-refractivity contribution in [1.29, 1.82) is 0 Å². The summed E-state index contributed by atoms with van der Waals surface area (Å²) in [6.07, 6.45) is 7.40. The number of nitrogen functional groups attached to an aromatic ring is 1. The second-order valence-corrected chi connectivity index (χ2v) is 7.86. The molecule has 2 amide bonds. The number of aromatic hydroxyl groups is 1. The molecule has 0 saturated carbocycles. The van der Waals surface area contributed by atoms with Gasteiger partial charge in [0.05, 0.1) is 0 Å². The summed E-state index contributed by atoms with van der Waals surface area (Å²) in [7, 11) is 0. The molecule has 162 valence electrons. The minimum Gasteiger partial charge on any atom is -0.507 e. The number of carbonyl (C=O) groups excluding carboxylic acids is 2. The number of rotatable bonds is 4. The highest BCUT2D eigenvalue weighted by atomic mass is 16.3. The third-order valence-electron chi connectivity index (χ3n) is 5.79. The van der Waals surface area contributed by atoms with E-state index in [0.29, 0.717) is 35.5 Å². The highest BCUT2D eigenvalue weighted by Gasteiger charge is 2.35. The summed E-state index contributed by atoms with van der Waals surface area (Å²) >= 11 is 0. The van der Waals surface area contributed by atoms with Crippen molar-refractivity contribution in [1.82, 2.24) is 4.90 Å². The van der Waals surface area contributed by atoms with Gasteiger partial charge in [0.25, 0.3) is 5.91 Å². The minimum atomic E-state index is -0.802. The van der Waals surface area contributed by atoms with Gasteiger partial charge >= 0.3 is 0 Å². The van der Waals surface area contributed by atoms with Crippen molar-refractivity contribution >= 4 is 23.2 Å². The van der Waals surface area contributed by atoms with Crippen LogP contribution in [0.1, 0.15) is 40.8 Å². The van der Waals surface area contributed by atoms with Crippen molar-refractivity contribution < 1.29 is 14.7 Å². The number of phenolic OH excluding ortho intramolecular Hbond substituents is 1. The zero-order valence-electron chi connectivity index (χ0n) is 18.4. The summed E-state index contributed by atoms with van der Waals surface area (Å²) in [5, 5.41) is 13.2. The number of amides is 2. The Morgan fingerprint density at radius 2 is 1.90 bits per heavy atom. The predicted octanol–water partition coefficient (Wildman–Crippen LogP) is 4.10. The van der Waals surface area contributed by atoms with Gasteiger partial charge in [-0.2, -0.15) is 0 Å². The van der Waals surface area contributed by atoms with E-state index in [-0.39, 0.29) is 17.6 Å². The molecule has 2 aromatic carbocycles. The Bertz CT molecular complexity index is 1090. The van der Waals surface area contributed by atoms with Gasteiger partial charge < -0.3 is 21.1 Å². The van der Waals surface area contributed by atoms with Gasteiger partial charge in [-0.15, -0.1) is 0 Å². The van der Waals surface area contributed by atoms with E-state index < -0.39 is 6.04 Å². The number of benzene rings is 2. The first-order valence-electron chi connectivity index (χ1n) is 10.3. The molecule has 0 fully saturated rings. The van der Waals surface area contributed by atoms with Crippen LogP contribution in [0.4, 0.5) is 11.4 Å². The van der Waals surface area contributed by atoms with E-state index in [4.69, 9.17) is 5.73 Å². The van der Waals surface area contributed by atoms with Gasteiger partial charge in [0, 0.05) is 24.0 Å². The smallest absolute Gasteiger partial charge is 0.251 e. The third kappa shape index (κ3) is 4.48. The number of aryl methyl sites for hydroxylation is 1. The van der Waals surface area contributed by atoms with Crippen LogP contribution < -0.4 is 11.1 Å². The number of nitrogens with one attached hydrogen (secondary N) is 1. The third-order valence-corrected chi connectivity index (χ3v) is 5.79. The van der Waals surface area contributed by atoms with Crippen molar-refractivity contribution in [3.63, 3.8) is 0 Å². The number of hydrogen-bond acceptors (Lipinski definition) is 4. The van der Waals surface area contributed by atoms with Crippen LogP contribution in [0.2, 0.25) is 0 Å². The zero-order valence-corrected chi connectivity index (χ0v) is 18.4. The maximum Gasteiger partial charge on any atom is 0.251 e. The summed E-state index contributed by atoms with van der Waals surface area (Å²) < 4.78 is 0. The largest absolute Gasteiger partial charge is 0.507 e. The number of carbonyl (C=O) groups is 2. The van der Waals surface area contributed by atoms with Crippen molar-refractivity contribution in [2.75, 3.05) is 17.6 Å². The molecule has 0 spiro atoms. The van der Waals surface area contributed by atoms with E-state index in [2.05, 4.69) is 5.32 Å². The second-order valence-electron chi connectivity index (χ2n) is 7.86. The van der Waals surface area contributed by atoms with Gasteiger partial charge in [-0.05, 0) is 80.1 Å². The summed E-state index contributed by atoms with van der Waals surface area (Å²) in [4.78, 5) is 28.0. The van der Waals surface area contributed by atoms with Gasteiger partial charge in [0.2, 0.25) is 5.91 Å². The van der Waals surface area contributed by atoms with E-state index in [9.17, 15) is 14.7 Å². The molecule has 0 aromatic heterocycles. The molecule has 1 aliphatic rings. The number of fused-ring (bicyclic) bond motifs is 1. The zero-order chi connectivity index (χ0) is 22.7. The Hall–Kier alpha value is -3.54. The van der Waals surface area contributed by atoms with E-state index in [0.717, 1.165) is 16.7 Å². The van der Waals surface area contributed by atoms with E-state index in [1.807, 2.05) is 39.0 Å². The molecule has 6 nitrogen and oxygen atoms in total. The molecule has 31 heavy (non-hydrogen) atoms. The highest BCUT2D eigenvalue weighted by molar-refractivity contribution is 6.01. The van der Waals surface area contributed by atoms with Crippen molar-refractivity contribution in [2.24, 2.45) is 0 Å². The number of nitrogens with zero attached hydrogens (tertiary/aromatic N) is 1. The number of hydrogen-bond donors (Lipinski definition) is 3. The normalized spacial score (nSPS) is 16.0. The fraction of sp³-hybridized carbons (Fsp3) is 0.280. The Labute approximate surface area is 183 Å². The van der Waals surface area contributed by atoms with Crippen LogP contribution in [-0.2, 0) is 16.0 Å². The second kappa shape index (κ2) is 9.08. The lowest BCUT2D eigenvalue weighted by Crippen LogP contribution is -2.44. The minimum absolute atomic E-state index is 0.220. The molecule has 1 heterocycles. The maximum atomic E-state index is 13.5. The molecule has 1 aliphatic heterocycles. The summed E-state index contributed by atoms with van der Waals surface area (Å²) in [5.74, 6) is -0.328. The maximum absolute atomic E-state index is 13.5. The first-order valence-corrected chi connectivity index (χ1v) is 10.3. The van der Waals surface area contributed by atoms with E-state index in [1.165, 1.54) is 6.08 Å². The quantitative estimate of drug-likeness (QED) is 0.301. The van der Waals surface area contributed by atoms with Gasteiger partial charge in [-0.1, -0.05) is 24.3 Å². The molecule has 1 atom stereocenters. The summed E-state index contributed by atoms with van der Waals surface area (Å²) in [6, 6.07) is 6.45. The van der Waals surface area contributed by atoms with Gasteiger partial charge in [0.15, 0.2) is 0 Å². The lowest BCUT2D eigenvalue weighted by Gasteiger charge is -2.36. The van der Waals surface area contributed by atoms with Crippen LogP contribution in [0.3, 0.4) is 0 Å². The first-order chi connectivity index (χ1) is 14.7. The molecular formula is C25H29N3O3. The van der Waals surface area contributed by atoms with E-state index >= 15 is 0 Å². The Balaban J connectivity index is 2.02. The fourth-order valence-electron chi connectivity index (χ4n) is 3.90. The Morgan fingerprint density at radius 3 is 2.61 bits per heavy atom. The average Bonchev–Trinajstić information content (AvgIpc) is 2.75. The van der Waals surface area contributed by atoms with Crippen molar-refractivity contribution in [2.45, 2.75) is 40.2 Å². The number of nitrogens with two attached hydrogens (primary N) is 1. The molecular weight excluding hydrogens is 390 g/mol. The van der Waals surface area contributed by atoms with E-state index in [1.54, 1.807) is 36.1 Å². The molecule has 0 aliphatic carbocycles. The molecule has 0 bridgehead atoms.